The molecule has 7 nitrogen and oxygen atoms in total. The summed E-state index contributed by atoms with van der Waals surface area (Å²) in [7, 11) is 5.83. The molecule has 1 aromatic rings. The van der Waals surface area contributed by atoms with Crippen LogP contribution in [0.2, 0.25) is 0 Å². The largest absolute Gasteiger partial charge is 0.352 e. The zero-order valence-corrected chi connectivity index (χ0v) is 14.5. The Morgan fingerprint density at radius 1 is 1.48 bits per heavy atom. The quantitative estimate of drug-likeness (QED) is 0.789. The summed E-state index contributed by atoms with van der Waals surface area (Å²) in [6.07, 6.45) is 3.89. The molecule has 2 heterocycles. The number of aromatic nitrogens is 2. The Bertz CT molecular complexity index is 567. The van der Waals surface area contributed by atoms with Crippen molar-refractivity contribution in [3.05, 3.63) is 17.5 Å². The number of aryl methyl sites for hydroxylation is 1. The monoisotopic (exact) mass is 321 g/mol. The van der Waals surface area contributed by atoms with Gasteiger partial charge >= 0.3 is 0 Å². The van der Waals surface area contributed by atoms with Crippen LogP contribution in [-0.2, 0) is 11.8 Å². The Morgan fingerprint density at radius 2 is 2.22 bits per heavy atom. The molecule has 1 aliphatic heterocycles. The van der Waals surface area contributed by atoms with Crippen molar-refractivity contribution in [2.45, 2.75) is 32.2 Å². The van der Waals surface area contributed by atoms with Crippen molar-refractivity contribution in [1.29, 1.82) is 0 Å². The number of hydrogen-bond donors (Lipinski definition) is 1. The Kier molecular flexibility index (Phi) is 5.76. The highest BCUT2D eigenvalue weighted by Crippen LogP contribution is 2.20. The molecular weight excluding hydrogens is 294 g/mol. The molecule has 7 heteroatoms. The number of carbonyl (C=O) groups is 2. The van der Waals surface area contributed by atoms with Crippen LogP contribution in [0.1, 0.15) is 35.3 Å². The van der Waals surface area contributed by atoms with E-state index in [0.717, 1.165) is 31.6 Å². The van der Waals surface area contributed by atoms with E-state index < -0.39 is 0 Å². The summed E-state index contributed by atoms with van der Waals surface area (Å²) in [5, 5.41) is 7.02. The Hall–Kier alpha value is -1.89. The van der Waals surface area contributed by atoms with Gasteiger partial charge in [0.1, 0.15) is 0 Å². The predicted molar refractivity (Wildman–Crippen MR) is 88.2 cm³/mol. The third kappa shape index (κ3) is 4.31. The number of nitrogens with zero attached hydrogens (tertiary/aromatic N) is 4. The summed E-state index contributed by atoms with van der Waals surface area (Å²) in [4.78, 5) is 28.2. The molecule has 1 aromatic heterocycles. The van der Waals surface area contributed by atoms with Gasteiger partial charge in [-0.3, -0.25) is 14.3 Å². The lowest BCUT2D eigenvalue weighted by atomic mass is 10.1. The number of hydrogen-bond acceptors (Lipinski definition) is 4. The van der Waals surface area contributed by atoms with Gasteiger partial charge in [-0.15, -0.1) is 0 Å². The van der Waals surface area contributed by atoms with E-state index in [1.54, 1.807) is 10.9 Å². The Morgan fingerprint density at radius 3 is 2.83 bits per heavy atom. The average molecular weight is 321 g/mol. The normalized spacial score (nSPS) is 18.0. The van der Waals surface area contributed by atoms with Gasteiger partial charge < -0.3 is 15.1 Å². The maximum absolute atomic E-state index is 12.2. The van der Waals surface area contributed by atoms with Crippen molar-refractivity contribution in [3.63, 3.8) is 0 Å². The highest BCUT2D eigenvalue weighted by molar-refractivity contribution is 5.95. The molecule has 2 rings (SSSR count). The molecule has 0 radical (unpaired) electrons. The summed E-state index contributed by atoms with van der Waals surface area (Å²) in [6, 6.07) is 0.234. The van der Waals surface area contributed by atoms with Crippen molar-refractivity contribution in [2.24, 2.45) is 7.05 Å². The lowest BCUT2D eigenvalue weighted by Crippen LogP contribution is -2.40. The van der Waals surface area contributed by atoms with Gasteiger partial charge in [0.15, 0.2) is 0 Å². The molecule has 1 atom stereocenters. The second kappa shape index (κ2) is 7.59. The van der Waals surface area contributed by atoms with Crippen LogP contribution in [0.4, 0.5) is 0 Å². The minimum absolute atomic E-state index is 0.0974. The van der Waals surface area contributed by atoms with Crippen molar-refractivity contribution >= 4 is 11.8 Å². The van der Waals surface area contributed by atoms with E-state index in [9.17, 15) is 9.59 Å². The van der Waals surface area contributed by atoms with E-state index in [4.69, 9.17) is 0 Å². The Labute approximate surface area is 137 Å². The topological polar surface area (TPSA) is 70.5 Å². The summed E-state index contributed by atoms with van der Waals surface area (Å²) >= 11 is 0. The lowest BCUT2D eigenvalue weighted by Gasteiger charge is -2.26. The van der Waals surface area contributed by atoms with Crippen LogP contribution in [0.3, 0.4) is 0 Å². The molecule has 23 heavy (non-hydrogen) atoms. The highest BCUT2D eigenvalue weighted by Gasteiger charge is 2.30. The van der Waals surface area contributed by atoms with Gasteiger partial charge in [0.25, 0.3) is 5.91 Å². The summed E-state index contributed by atoms with van der Waals surface area (Å²) in [5.74, 6) is 0.131. The van der Waals surface area contributed by atoms with E-state index in [2.05, 4.69) is 15.3 Å². The Balaban J connectivity index is 1.81. The van der Waals surface area contributed by atoms with Gasteiger partial charge in [0.2, 0.25) is 5.91 Å². The van der Waals surface area contributed by atoms with Crippen LogP contribution in [0.5, 0.6) is 0 Å². The van der Waals surface area contributed by atoms with Crippen LogP contribution in [0, 0.1) is 6.92 Å². The number of carbonyl (C=O) groups excluding carboxylic acids is 2. The molecule has 0 saturated carbocycles. The highest BCUT2D eigenvalue weighted by atomic mass is 16.2. The van der Waals surface area contributed by atoms with Crippen LogP contribution in [-0.4, -0.2) is 71.2 Å². The van der Waals surface area contributed by atoms with Gasteiger partial charge in [0, 0.05) is 44.8 Å². The molecule has 1 aliphatic rings. The molecule has 0 spiro atoms. The number of amides is 2. The van der Waals surface area contributed by atoms with Gasteiger partial charge in [-0.1, -0.05) is 0 Å². The van der Waals surface area contributed by atoms with E-state index in [1.165, 1.54) is 0 Å². The third-order valence-electron chi connectivity index (χ3n) is 4.48. The van der Waals surface area contributed by atoms with Gasteiger partial charge in [-0.2, -0.15) is 5.10 Å². The average Bonchev–Trinajstić information content (AvgIpc) is 3.01. The van der Waals surface area contributed by atoms with Crippen molar-refractivity contribution in [2.75, 3.05) is 33.7 Å². The maximum Gasteiger partial charge on any atom is 0.254 e. The first-order valence-corrected chi connectivity index (χ1v) is 8.11. The second-order valence-corrected chi connectivity index (χ2v) is 6.39. The smallest absolute Gasteiger partial charge is 0.254 e. The summed E-state index contributed by atoms with van der Waals surface area (Å²) in [5.41, 5.74) is 1.46. The van der Waals surface area contributed by atoms with E-state index in [1.807, 2.05) is 33.0 Å². The van der Waals surface area contributed by atoms with Crippen molar-refractivity contribution < 1.29 is 9.59 Å². The summed E-state index contributed by atoms with van der Waals surface area (Å²) in [6.45, 7) is 4.07. The maximum atomic E-state index is 12.2. The second-order valence-electron chi connectivity index (χ2n) is 6.39. The van der Waals surface area contributed by atoms with Gasteiger partial charge in [0.05, 0.1) is 11.8 Å². The fourth-order valence-electron chi connectivity index (χ4n) is 2.88. The molecular formula is C16H27N5O2. The fraction of sp³-hybridized carbons (Fsp3) is 0.688. The summed E-state index contributed by atoms with van der Waals surface area (Å²) < 4.78 is 1.69. The van der Waals surface area contributed by atoms with Gasteiger partial charge in [-0.25, -0.2) is 0 Å². The number of nitrogens with one attached hydrogen (secondary N) is 1. The molecule has 0 bridgehead atoms. The van der Waals surface area contributed by atoms with Crippen LogP contribution in [0.25, 0.3) is 0 Å². The minimum atomic E-state index is -0.0974. The molecule has 1 unspecified atom stereocenters. The first kappa shape index (κ1) is 17.5. The lowest BCUT2D eigenvalue weighted by molar-refractivity contribution is -0.129. The van der Waals surface area contributed by atoms with E-state index in [0.29, 0.717) is 18.5 Å². The zero-order valence-electron chi connectivity index (χ0n) is 14.5. The molecule has 2 amide bonds. The van der Waals surface area contributed by atoms with Crippen LogP contribution >= 0.6 is 0 Å². The van der Waals surface area contributed by atoms with Crippen LogP contribution in [0.15, 0.2) is 6.20 Å². The number of likely N-dealkylation sites (tertiary alicyclic amines) is 1. The van der Waals surface area contributed by atoms with E-state index in [-0.39, 0.29) is 17.9 Å². The van der Waals surface area contributed by atoms with Gasteiger partial charge in [-0.05, 0) is 33.9 Å². The molecule has 1 saturated heterocycles. The molecule has 128 valence electrons. The molecule has 0 aliphatic carbocycles. The standard InChI is InChI=1S/C16H27N5O2/c1-12-14(11-18-20(12)4)16(23)17-8-7-13-5-6-15(22)21(13)10-9-19(2)3/h11,13H,5-10H2,1-4H3,(H,17,23). The molecule has 1 fully saturated rings. The van der Waals surface area contributed by atoms with Crippen LogP contribution < -0.4 is 5.32 Å². The fourth-order valence-corrected chi connectivity index (χ4v) is 2.88. The van der Waals surface area contributed by atoms with Crippen molar-refractivity contribution in [1.82, 2.24) is 24.9 Å². The first-order chi connectivity index (χ1) is 10.9. The SMILES string of the molecule is Cc1c(C(=O)NCCC2CCC(=O)N2CCN(C)C)cnn1C. The van der Waals surface area contributed by atoms with E-state index >= 15 is 0 Å². The number of likely N-dealkylation sites (N-methyl/N-ethyl adjacent to an activating group) is 1. The zero-order chi connectivity index (χ0) is 17.0. The number of rotatable bonds is 7. The predicted octanol–water partition coefficient (Wildman–Crippen LogP) is 0.401. The third-order valence-corrected chi connectivity index (χ3v) is 4.48. The van der Waals surface area contributed by atoms with Crippen molar-refractivity contribution in [3.8, 4) is 0 Å². The molecule has 0 aromatic carbocycles. The molecule has 1 N–H and O–H groups in total. The first-order valence-electron chi connectivity index (χ1n) is 8.11. The minimum Gasteiger partial charge on any atom is -0.352 e.